The topological polar surface area (TPSA) is 87.5 Å². The Bertz CT molecular complexity index is 195. The van der Waals surface area contributed by atoms with Crippen molar-refractivity contribution in [3.63, 3.8) is 0 Å². The first-order chi connectivity index (χ1) is 5.97. The lowest BCUT2D eigenvalue weighted by molar-refractivity contribution is 0.205. The Morgan fingerprint density at radius 3 is 2.46 bits per heavy atom. The Morgan fingerprint density at radius 1 is 1.54 bits per heavy atom. The molecule has 0 aliphatic rings. The molecule has 0 aromatic rings. The molecule has 4 N–H and O–H groups in total. The van der Waals surface area contributed by atoms with E-state index in [-0.39, 0.29) is 12.1 Å². The van der Waals surface area contributed by atoms with Crippen molar-refractivity contribution in [1.29, 1.82) is 0 Å². The van der Waals surface area contributed by atoms with E-state index in [1.807, 2.05) is 0 Å². The lowest BCUT2D eigenvalue weighted by Crippen LogP contribution is -2.46. The van der Waals surface area contributed by atoms with E-state index in [4.69, 9.17) is 5.73 Å². The number of primary amides is 1. The zero-order chi connectivity index (χ0) is 10.4. The van der Waals surface area contributed by atoms with Gasteiger partial charge in [0, 0.05) is 26.7 Å². The summed E-state index contributed by atoms with van der Waals surface area (Å²) in [4.78, 5) is 22.9. The largest absolute Gasteiger partial charge is 0.352 e. The number of nitrogens with two attached hydrogens (primary N) is 1. The molecule has 1 unspecified atom stereocenters. The zero-order valence-electron chi connectivity index (χ0n) is 8.13. The van der Waals surface area contributed by atoms with Crippen molar-refractivity contribution in [3.8, 4) is 0 Å². The van der Waals surface area contributed by atoms with E-state index in [1.165, 1.54) is 4.90 Å². The van der Waals surface area contributed by atoms with E-state index < -0.39 is 6.03 Å². The van der Waals surface area contributed by atoms with Gasteiger partial charge < -0.3 is 21.3 Å². The van der Waals surface area contributed by atoms with Crippen molar-refractivity contribution in [2.75, 3.05) is 20.6 Å². The van der Waals surface area contributed by atoms with Crippen LogP contribution in [0.5, 0.6) is 0 Å². The average molecular weight is 188 g/mol. The summed E-state index contributed by atoms with van der Waals surface area (Å²) in [5.74, 6) is 0. The van der Waals surface area contributed by atoms with E-state index in [2.05, 4.69) is 10.6 Å². The summed E-state index contributed by atoms with van der Waals surface area (Å²) in [6, 6.07) is -0.935. The molecular formula is C7H16N4O2. The molecule has 4 amide bonds. The van der Waals surface area contributed by atoms with Gasteiger partial charge in [0.2, 0.25) is 0 Å². The monoisotopic (exact) mass is 188 g/mol. The van der Waals surface area contributed by atoms with Gasteiger partial charge in [0.05, 0.1) is 0 Å². The smallest absolute Gasteiger partial charge is 0.316 e. The molecule has 76 valence electrons. The predicted molar refractivity (Wildman–Crippen MR) is 49.3 cm³/mol. The highest BCUT2D eigenvalue weighted by Crippen LogP contribution is 1.88. The molecule has 0 bridgehead atoms. The zero-order valence-corrected chi connectivity index (χ0v) is 8.13. The molecule has 0 aromatic heterocycles. The minimum Gasteiger partial charge on any atom is -0.352 e. The normalized spacial score (nSPS) is 11.6. The molecule has 0 heterocycles. The first-order valence-corrected chi connectivity index (χ1v) is 3.96. The quantitative estimate of drug-likeness (QED) is 0.547. The highest BCUT2D eigenvalue weighted by atomic mass is 16.2. The number of amides is 4. The van der Waals surface area contributed by atoms with Gasteiger partial charge in [0.15, 0.2) is 0 Å². The van der Waals surface area contributed by atoms with Gasteiger partial charge in [-0.2, -0.15) is 0 Å². The Labute approximate surface area is 77.5 Å². The maximum atomic E-state index is 11.0. The van der Waals surface area contributed by atoms with Crippen molar-refractivity contribution < 1.29 is 9.59 Å². The number of nitrogens with zero attached hydrogens (tertiary/aromatic N) is 1. The van der Waals surface area contributed by atoms with Crippen LogP contribution in [0.3, 0.4) is 0 Å². The van der Waals surface area contributed by atoms with Gasteiger partial charge in [0.25, 0.3) is 0 Å². The van der Waals surface area contributed by atoms with Crippen molar-refractivity contribution in [2.45, 2.75) is 13.0 Å². The molecule has 0 saturated heterocycles. The molecule has 0 aliphatic carbocycles. The number of hydrogen-bond acceptors (Lipinski definition) is 2. The van der Waals surface area contributed by atoms with Crippen LogP contribution < -0.4 is 16.4 Å². The molecule has 13 heavy (non-hydrogen) atoms. The third kappa shape index (κ3) is 4.89. The van der Waals surface area contributed by atoms with Gasteiger partial charge in [-0.3, -0.25) is 0 Å². The van der Waals surface area contributed by atoms with E-state index in [0.717, 1.165) is 0 Å². The van der Waals surface area contributed by atoms with Gasteiger partial charge in [-0.25, -0.2) is 9.59 Å². The molecule has 6 nitrogen and oxygen atoms in total. The summed E-state index contributed by atoms with van der Waals surface area (Å²) < 4.78 is 0. The van der Waals surface area contributed by atoms with Crippen LogP contribution in [0, 0.1) is 0 Å². The second kappa shape index (κ2) is 5.23. The first-order valence-electron chi connectivity index (χ1n) is 3.96. The van der Waals surface area contributed by atoms with Crippen molar-refractivity contribution >= 4 is 12.1 Å². The standard InChI is InChI=1S/C7H16N4O2/c1-5(10-6(8)12)4-11(3)7(13)9-2/h5H,4H2,1-3H3,(H,9,13)(H3,8,10,12). The fourth-order valence-electron chi connectivity index (χ4n) is 0.973. The summed E-state index contributed by atoms with van der Waals surface area (Å²) in [5, 5.41) is 4.94. The molecule has 0 saturated carbocycles. The Morgan fingerprint density at radius 2 is 2.08 bits per heavy atom. The Balaban J connectivity index is 3.83. The summed E-state index contributed by atoms with van der Waals surface area (Å²) in [6.45, 7) is 2.19. The van der Waals surface area contributed by atoms with Gasteiger partial charge >= 0.3 is 12.1 Å². The molecule has 1 atom stereocenters. The van der Waals surface area contributed by atoms with Crippen LogP contribution in [0.25, 0.3) is 0 Å². The van der Waals surface area contributed by atoms with Gasteiger partial charge in [-0.1, -0.05) is 0 Å². The Kier molecular flexibility index (Phi) is 4.64. The molecule has 0 radical (unpaired) electrons. The van der Waals surface area contributed by atoms with E-state index in [9.17, 15) is 9.59 Å². The molecule has 6 heteroatoms. The lowest BCUT2D eigenvalue weighted by Gasteiger charge is -2.21. The van der Waals surface area contributed by atoms with Gasteiger partial charge in [-0.05, 0) is 6.92 Å². The van der Waals surface area contributed by atoms with E-state index in [0.29, 0.717) is 6.54 Å². The minimum atomic E-state index is -0.585. The van der Waals surface area contributed by atoms with Crippen molar-refractivity contribution in [2.24, 2.45) is 5.73 Å². The second-order valence-corrected chi connectivity index (χ2v) is 2.85. The summed E-state index contributed by atoms with van der Waals surface area (Å²) in [7, 11) is 3.18. The number of rotatable bonds is 3. The molecule has 0 rings (SSSR count). The number of carbonyl (C=O) groups excluding carboxylic acids is 2. The van der Waals surface area contributed by atoms with Crippen LogP contribution in [0.15, 0.2) is 0 Å². The van der Waals surface area contributed by atoms with E-state index >= 15 is 0 Å². The van der Waals surface area contributed by atoms with Crippen LogP contribution in [0.4, 0.5) is 9.59 Å². The van der Waals surface area contributed by atoms with Crippen LogP contribution in [-0.4, -0.2) is 43.6 Å². The number of nitrogens with one attached hydrogen (secondary N) is 2. The van der Waals surface area contributed by atoms with Crippen molar-refractivity contribution in [3.05, 3.63) is 0 Å². The minimum absolute atomic E-state index is 0.153. The number of hydrogen-bond donors (Lipinski definition) is 3. The van der Waals surface area contributed by atoms with Crippen LogP contribution in [0.1, 0.15) is 6.92 Å². The fourth-order valence-corrected chi connectivity index (χ4v) is 0.973. The SMILES string of the molecule is CNC(=O)N(C)CC(C)NC(N)=O. The molecular weight excluding hydrogens is 172 g/mol. The fraction of sp³-hybridized carbons (Fsp3) is 0.714. The van der Waals surface area contributed by atoms with Gasteiger partial charge in [-0.15, -0.1) is 0 Å². The van der Waals surface area contributed by atoms with Gasteiger partial charge in [0.1, 0.15) is 0 Å². The number of urea groups is 2. The van der Waals surface area contributed by atoms with Crippen LogP contribution >= 0.6 is 0 Å². The number of carbonyl (C=O) groups is 2. The van der Waals surface area contributed by atoms with Crippen LogP contribution in [-0.2, 0) is 0 Å². The summed E-state index contributed by atoms with van der Waals surface area (Å²) >= 11 is 0. The summed E-state index contributed by atoms with van der Waals surface area (Å²) in [5.41, 5.74) is 4.91. The highest BCUT2D eigenvalue weighted by molar-refractivity contribution is 5.74. The molecule has 0 aromatic carbocycles. The second-order valence-electron chi connectivity index (χ2n) is 2.85. The van der Waals surface area contributed by atoms with E-state index in [1.54, 1.807) is 21.0 Å². The predicted octanol–water partition coefficient (Wildman–Crippen LogP) is -0.686. The molecule has 0 fully saturated rings. The molecule has 0 aliphatic heterocycles. The maximum absolute atomic E-state index is 11.0. The summed E-state index contributed by atoms with van der Waals surface area (Å²) in [6.07, 6.45) is 0. The lowest BCUT2D eigenvalue weighted by atomic mass is 10.3. The van der Waals surface area contributed by atoms with Crippen LogP contribution in [0.2, 0.25) is 0 Å². The third-order valence-corrected chi connectivity index (χ3v) is 1.50. The Hall–Kier alpha value is -1.46. The van der Waals surface area contributed by atoms with Crippen molar-refractivity contribution in [1.82, 2.24) is 15.5 Å². The molecule has 0 spiro atoms. The third-order valence-electron chi connectivity index (χ3n) is 1.50. The highest BCUT2D eigenvalue weighted by Gasteiger charge is 2.10. The average Bonchev–Trinajstić information content (AvgIpc) is 2.01. The maximum Gasteiger partial charge on any atom is 0.316 e. The first kappa shape index (κ1) is 11.5. The number of likely N-dealkylation sites (N-methyl/N-ethyl adjacent to an activating group) is 1.